The summed E-state index contributed by atoms with van der Waals surface area (Å²) < 4.78 is 120. The average molecular weight is 628 g/mol. The lowest BCUT2D eigenvalue weighted by atomic mass is 10.1. The summed E-state index contributed by atoms with van der Waals surface area (Å²) in [7, 11) is -4.67. The van der Waals surface area contributed by atoms with E-state index in [4.69, 9.17) is 14.4 Å². The van der Waals surface area contributed by atoms with Gasteiger partial charge in [-0.05, 0) is 55.0 Å². The molecule has 1 atom stereocenters. The summed E-state index contributed by atoms with van der Waals surface area (Å²) in [6, 6.07) is 11.6. The second-order valence-electron chi connectivity index (χ2n) is 9.38. The van der Waals surface area contributed by atoms with Gasteiger partial charge in [-0.15, -0.1) is 0 Å². The minimum absolute atomic E-state index is 0.0351. The van der Waals surface area contributed by atoms with Gasteiger partial charge in [0, 0.05) is 12.0 Å². The zero-order valence-corrected chi connectivity index (χ0v) is 22.4. The summed E-state index contributed by atoms with van der Waals surface area (Å²) in [4.78, 5) is 14.5. The molecular formula is C27H19F6N3O6S. The molecule has 226 valence electrons. The van der Waals surface area contributed by atoms with Gasteiger partial charge in [-0.2, -0.15) is 31.3 Å². The lowest BCUT2D eigenvalue weighted by Crippen LogP contribution is -2.43. The predicted octanol–water partition coefficient (Wildman–Crippen LogP) is 6.26. The molecule has 0 fully saturated rings. The Kier molecular flexibility index (Phi) is 7.58. The van der Waals surface area contributed by atoms with Crippen molar-refractivity contribution >= 4 is 21.7 Å². The van der Waals surface area contributed by atoms with Gasteiger partial charge in [0.25, 0.3) is 15.9 Å². The highest BCUT2D eigenvalue weighted by Crippen LogP contribution is 2.42. The molecule has 4 aromatic rings. The van der Waals surface area contributed by atoms with Crippen molar-refractivity contribution in [2.75, 3.05) is 10.8 Å². The van der Waals surface area contributed by atoms with Gasteiger partial charge in [-0.1, -0.05) is 23.4 Å². The van der Waals surface area contributed by atoms with E-state index in [1.807, 2.05) is 0 Å². The van der Waals surface area contributed by atoms with Crippen LogP contribution in [-0.4, -0.2) is 42.3 Å². The molecule has 16 heteroatoms. The number of benzene rings is 3. The predicted molar refractivity (Wildman–Crippen MR) is 137 cm³/mol. The monoisotopic (exact) mass is 627 g/mol. The van der Waals surface area contributed by atoms with Gasteiger partial charge in [0.1, 0.15) is 11.9 Å². The molecule has 0 radical (unpaired) electrons. The number of alkyl halides is 6. The van der Waals surface area contributed by atoms with Crippen LogP contribution in [0.1, 0.15) is 24.0 Å². The number of aromatic nitrogens is 2. The van der Waals surface area contributed by atoms with Crippen molar-refractivity contribution in [1.29, 1.82) is 0 Å². The summed E-state index contributed by atoms with van der Waals surface area (Å²) in [5, 5.41) is 12.8. The first-order chi connectivity index (χ1) is 20.1. The molecule has 0 unspecified atom stereocenters. The van der Waals surface area contributed by atoms with E-state index < -0.39 is 62.9 Å². The molecule has 5 rings (SSSR count). The molecule has 0 amide bonds. The number of rotatable bonds is 7. The van der Waals surface area contributed by atoms with E-state index in [1.165, 1.54) is 30.3 Å². The summed E-state index contributed by atoms with van der Waals surface area (Å²) in [5.74, 6) is -1.87. The number of nitrogens with zero attached hydrogens (tertiary/aromatic N) is 3. The zero-order valence-electron chi connectivity index (χ0n) is 21.6. The third-order valence-corrected chi connectivity index (χ3v) is 8.24. The van der Waals surface area contributed by atoms with Gasteiger partial charge in [0.2, 0.25) is 5.82 Å². The van der Waals surface area contributed by atoms with Crippen molar-refractivity contribution in [2.24, 2.45) is 0 Å². The molecule has 9 nitrogen and oxygen atoms in total. The minimum Gasteiger partial charge on any atom is -0.486 e. The first kappa shape index (κ1) is 29.9. The number of anilines is 1. The maximum Gasteiger partial charge on any atom is 0.417 e. The zero-order chi connectivity index (χ0) is 31.2. The van der Waals surface area contributed by atoms with Gasteiger partial charge in [-0.25, -0.2) is 8.42 Å². The first-order valence-electron chi connectivity index (χ1n) is 12.4. The molecule has 0 aliphatic carbocycles. The van der Waals surface area contributed by atoms with Crippen LogP contribution < -0.4 is 9.04 Å². The van der Waals surface area contributed by atoms with Gasteiger partial charge in [0.15, 0.2) is 0 Å². The van der Waals surface area contributed by atoms with Crippen molar-refractivity contribution in [1.82, 2.24) is 10.1 Å². The number of hydrogen-bond donors (Lipinski definition) is 1. The van der Waals surface area contributed by atoms with Crippen LogP contribution in [0.15, 0.2) is 76.1 Å². The number of sulfonamides is 1. The summed E-state index contributed by atoms with van der Waals surface area (Å²) in [5.41, 5.74) is -2.64. The number of aliphatic carboxylic acids is 1. The topological polar surface area (TPSA) is 123 Å². The van der Waals surface area contributed by atoms with Crippen LogP contribution in [0.5, 0.6) is 5.75 Å². The maximum atomic E-state index is 13.7. The van der Waals surface area contributed by atoms with E-state index in [2.05, 4.69) is 10.1 Å². The molecule has 2 heterocycles. The van der Waals surface area contributed by atoms with Crippen molar-refractivity contribution in [2.45, 2.75) is 36.2 Å². The van der Waals surface area contributed by atoms with Crippen molar-refractivity contribution in [3.05, 3.63) is 77.9 Å². The van der Waals surface area contributed by atoms with Crippen LogP contribution in [0.4, 0.5) is 32.0 Å². The molecule has 0 bridgehead atoms. The van der Waals surface area contributed by atoms with Crippen LogP contribution in [0, 0.1) is 0 Å². The molecule has 1 aromatic heterocycles. The van der Waals surface area contributed by atoms with Crippen LogP contribution in [0.2, 0.25) is 0 Å². The quantitative estimate of drug-likeness (QED) is 0.238. The molecule has 0 saturated heterocycles. The van der Waals surface area contributed by atoms with Crippen LogP contribution in [-0.2, 0) is 27.2 Å². The average Bonchev–Trinajstić information content (AvgIpc) is 3.45. The Labute approximate surface area is 239 Å². The standard InChI is InChI=1S/C27H19F6N3O6S/c28-26(29,30)16-4-3-5-18(13-16)43(39,40)36-14-17(9-11-23(37)38)41-22-10-8-15(12-21(22)36)24-34-25(42-35-24)19-6-1-2-7-20(19)27(31,32)33/h1-8,10,12-13,17H,9,11,14H2,(H,37,38)/t17-/m0/s1. The Bertz CT molecular complexity index is 1790. The Morgan fingerprint density at radius 1 is 0.977 bits per heavy atom. The van der Waals surface area contributed by atoms with E-state index >= 15 is 0 Å². The fourth-order valence-electron chi connectivity index (χ4n) is 4.44. The highest BCUT2D eigenvalue weighted by molar-refractivity contribution is 7.92. The van der Waals surface area contributed by atoms with Crippen molar-refractivity contribution < 1.29 is 53.9 Å². The normalized spacial score (nSPS) is 15.6. The van der Waals surface area contributed by atoms with E-state index in [9.17, 15) is 39.6 Å². The van der Waals surface area contributed by atoms with Crippen LogP contribution in [0.3, 0.4) is 0 Å². The SMILES string of the molecule is O=C(O)CC[C@H]1CN(S(=O)(=O)c2cccc(C(F)(F)F)c2)c2cc(-c3noc(-c4ccccc4C(F)(F)F)n3)ccc2O1. The molecule has 1 aliphatic rings. The Morgan fingerprint density at radius 2 is 1.72 bits per heavy atom. The van der Waals surface area contributed by atoms with E-state index in [0.717, 1.165) is 28.6 Å². The van der Waals surface area contributed by atoms with Crippen LogP contribution >= 0.6 is 0 Å². The first-order valence-corrected chi connectivity index (χ1v) is 13.8. The van der Waals surface area contributed by atoms with Gasteiger partial charge >= 0.3 is 18.3 Å². The Morgan fingerprint density at radius 3 is 2.42 bits per heavy atom. The summed E-state index contributed by atoms with van der Waals surface area (Å²) in [6.45, 7) is -0.446. The third kappa shape index (κ3) is 6.14. The lowest BCUT2D eigenvalue weighted by Gasteiger charge is -2.35. The molecule has 1 aliphatic heterocycles. The number of carbonyl (C=O) groups is 1. The molecule has 43 heavy (non-hydrogen) atoms. The summed E-state index contributed by atoms with van der Waals surface area (Å²) >= 11 is 0. The highest BCUT2D eigenvalue weighted by Gasteiger charge is 2.38. The second-order valence-corrected chi connectivity index (χ2v) is 11.2. The number of carboxylic acids is 1. The maximum absolute atomic E-state index is 13.7. The van der Waals surface area contributed by atoms with Gasteiger partial charge in [-0.3, -0.25) is 9.10 Å². The molecule has 0 spiro atoms. The molecule has 1 N–H and O–H groups in total. The Balaban J connectivity index is 1.57. The largest absolute Gasteiger partial charge is 0.486 e. The molecule has 3 aromatic carbocycles. The smallest absolute Gasteiger partial charge is 0.417 e. The number of hydrogen-bond acceptors (Lipinski definition) is 7. The number of fused-ring (bicyclic) bond motifs is 1. The lowest BCUT2D eigenvalue weighted by molar-refractivity contribution is -0.138. The van der Waals surface area contributed by atoms with Crippen molar-refractivity contribution in [3.8, 4) is 28.6 Å². The van der Waals surface area contributed by atoms with E-state index in [-0.39, 0.29) is 41.2 Å². The number of carboxylic acid groups (broad SMARTS) is 1. The van der Waals surface area contributed by atoms with E-state index in [0.29, 0.717) is 12.1 Å². The fourth-order valence-corrected chi connectivity index (χ4v) is 5.99. The van der Waals surface area contributed by atoms with Crippen molar-refractivity contribution in [3.63, 3.8) is 0 Å². The van der Waals surface area contributed by atoms with Crippen LogP contribution in [0.25, 0.3) is 22.8 Å². The summed E-state index contributed by atoms with van der Waals surface area (Å²) in [6.07, 6.45) is -11.0. The van der Waals surface area contributed by atoms with E-state index in [1.54, 1.807) is 0 Å². The highest BCUT2D eigenvalue weighted by atomic mass is 32.2. The van der Waals surface area contributed by atoms with Gasteiger partial charge in [0.05, 0.1) is 33.8 Å². The second kappa shape index (κ2) is 10.9. The van der Waals surface area contributed by atoms with Gasteiger partial charge < -0.3 is 14.4 Å². The number of ether oxygens (including phenoxy) is 1. The third-order valence-electron chi connectivity index (χ3n) is 6.47. The number of halogens is 6. The Hall–Kier alpha value is -4.60. The molecular weight excluding hydrogens is 608 g/mol. The molecule has 0 saturated carbocycles. The fraction of sp³-hybridized carbons (Fsp3) is 0.222. The minimum atomic E-state index is -4.83.